The van der Waals surface area contributed by atoms with E-state index < -0.39 is 0 Å². The van der Waals surface area contributed by atoms with Crippen molar-refractivity contribution in [3.05, 3.63) is 24.0 Å². The molecule has 4 N–H and O–H groups in total. The van der Waals surface area contributed by atoms with Crippen molar-refractivity contribution in [1.29, 1.82) is 0 Å². The molecule has 0 saturated heterocycles. The first-order valence-electron chi connectivity index (χ1n) is 6.45. The molecule has 1 aromatic heterocycles. The number of rotatable bonds is 5. The molecule has 19 heavy (non-hydrogen) atoms. The first kappa shape index (κ1) is 13.8. The summed E-state index contributed by atoms with van der Waals surface area (Å²) in [6, 6.07) is 1.66. The van der Waals surface area contributed by atoms with Crippen molar-refractivity contribution in [3.63, 3.8) is 0 Å². The second-order valence-electron chi connectivity index (χ2n) is 5.22. The first-order chi connectivity index (χ1) is 9.09. The molecule has 0 bridgehead atoms. The summed E-state index contributed by atoms with van der Waals surface area (Å²) in [5.41, 5.74) is 3.65. The molecule has 1 aromatic rings. The molecule has 104 valence electrons. The number of amides is 1. The van der Waals surface area contributed by atoms with Gasteiger partial charge in [-0.2, -0.15) is 0 Å². The quantitative estimate of drug-likeness (QED) is 0.535. The molecule has 1 fully saturated rings. The highest BCUT2D eigenvalue weighted by Gasteiger charge is 2.39. The van der Waals surface area contributed by atoms with Gasteiger partial charge in [0.05, 0.1) is 17.4 Å². The highest BCUT2D eigenvalue weighted by atomic mass is 16.1. The van der Waals surface area contributed by atoms with Crippen LogP contribution < -0.4 is 16.6 Å². The molecular weight excluding hydrogens is 242 g/mol. The molecule has 6 heteroatoms. The van der Waals surface area contributed by atoms with Crippen molar-refractivity contribution in [2.24, 2.45) is 5.84 Å². The molecule has 0 aromatic carbocycles. The van der Waals surface area contributed by atoms with Crippen LogP contribution in [0.15, 0.2) is 18.5 Å². The largest absolute Gasteiger partial charge is 0.350 e. The van der Waals surface area contributed by atoms with Gasteiger partial charge in [-0.25, -0.2) is 0 Å². The van der Waals surface area contributed by atoms with Crippen molar-refractivity contribution >= 4 is 11.6 Å². The van der Waals surface area contributed by atoms with Crippen molar-refractivity contribution in [2.45, 2.75) is 24.8 Å². The third kappa shape index (κ3) is 2.69. The monoisotopic (exact) mass is 263 g/mol. The second-order valence-corrected chi connectivity index (χ2v) is 5.22. The molecule has 0 spiro atoms. The second kappa shape index (κ2) is 5.54. The van der Waals surface area contributed by atoms with Crippen molar-refractivity contribution in [1.82, 2.24) is 15.2 Å². The lowest BCUT2D eigenvalue weighted by molar-refractivity contribution is 0.0558. The molecule has 1 aliphatic rings. The summed E-state index contributed by atoms with van der Waals surface area (Å²) in [5.74, 6) is 5.26. The van der Waals surface area contributed by atoms with E-state index in [0.29, 0.717) is 17.8 Å². The first-order valence-corrected chi connectivity index (χ1v) is 6.45. The van der Waals surface area contributed by atoms with E-state index in [2.05, 4.69) is 34.7 Å². The number of nitrogens with one attached hydrogen (secondary N) is 2. The van der Waals surface area contributed by atoms with Crippen LogP contribution >= 0.6 is 0 Å². The number of hydrogen-bond donors (Lipinski definition) is 3. The zero-order chi connectivity index (χ0) is 13.9. The predicted octanol–water partition coefficient (Wildman–Crippen LogP) is 0.581. The summed E-state index contributed by atoms with van der Waals surface area (Å²) in [6.07, 6.45) is 6.59. The Balaban J connectivity index is 2.01. The summed E-state index contributed by atoms with van der Waals surface area (Å²) in [7, 11) is 4.12. The van der Waals surface area contributed by atoms with Crippen LogP contribution in [0.1, 0.15) is 29.6 Å². The van der Waals surface area contributed by atoms with E-state index in [1.165, 1.54) is 6.42 Å². The summed E-state index contributed by atoms with van der Waals surface area (Å²) in [6.45, 7) is 0.658. The number of aromatic nitrogens is 1. The molecule has 0 unspecified atom stereocenters. The van der Waals surface area contributed by atoms with Gasteiger partial charge >= 0.3 is 0 Å². The zero-order valence-corrected chi connectivity index (χ0v) is 11.4. The smallest absolute Gasteiger partial charge is 0.253 e. The van der Waals surface area contributed by atoms with Gasteiger partial charge in [0.15, 0.2) is 0 Å². The predicted molar refractivity (Wildman–Crippen MR) is 74.6 cm³/mol. The lowest BCUT2D eigenvalue weighted by Gasteiger charge is -2.47. The van der Waals surface area contributed by atoms with Crippen molar-refractivity contribution in [3.8, 4) is 0 Å². The van der Waals surface area contributed by atoms with Gasteiger partial charge in [0, 0.05) is 18.3 Å². The van der Waals surface area contributed by atoms with E-state index in [9.17, 15) is 4.79 Å². The lowest BCUT2D eigenvalue weighted by atomic mass is 9.75. The van der Waals surface area contributed by atoms with E-state index in [0.717, 1.165) is 12.8 Å². The van der Waals surface area contributed by atoms with Crippen LogP contribution in [0.2, 0.25) is 0 Å². The Bertz CT molecular complexity index is 456. The molecular formula is C13H21N5O. The highest BCUT2D eigenvalue weighted by Crippen LogP contribution is 2.35. The van der Waals surface area contributed by atoms with Crippen LogP contribution in [-0.2, 0) is 0 Å². The van der Waals surface area contributed by atoms with Gasteiger partial charge in [-0.15, -0.1) is 0 Å². The molecule has 6 nitrogen and oxygen atoms in total. The summed E-state index contributed by atoms with van der Waals surface area (Å²) < 4.78 is 0. The van der Waals surface area contributed by atoms with Gasteiger partial charge in [0.2, 0.25) is 0 Å². The Morgan fingerprint density at radius 2 is 2.26 bits per heavy atom. The number of hydrogen-bond acceptors (Lipinski definition) is 5. The number of anilines is 1. The minimum atomic E-state index is -0.122. The van der Waals surface area contributed by atoms with Gasteiger partial charge < -0.3 is 15.6 Å². The summed E-state index contributed by atoms with van der Waals surface area (Å²) in [5, 5.41) is 2.99. The maximum absolute atomic E-state index is 12.2. The molecule has 1 aliphatic carbocycles. The SMILES string of the molecule is CN(C)C1(CNC(=O)c2ccncc2NN)CCC1. The number of carbonyl (C=O) groups excluding carboxylic acids is 1. The standard InChI is InChI=1S/C13H21N5O/c1-18(2)13(5-3-6-13)9-16-12(19)10-4-7-15-8-11(10)17-14/h4,7-8,17H,3,5-6,9,14H2,1-2H3,(H,16,19). The minimum absolute atomic E-state index is 0.110. The van der Waals surface area contributed by atoms with E-state index in [1.54, 1.807) is 18.5 Å². The third-order valence-corrected chi connectivity index (χ3v) is 4.03. The Morgan fingerprint density at radius 1 is 1.53 bits per heavy atom. The molecule has 1 amide bonds. The van der Waals surface area contributed by atoms with Gasteiger partial charge in [-0.1, -0.05) is 0 Å². The van der Waals surface area contributed by atoms with E-state index in [4.69, 9.17) is 5.84 Å². The fraction of sp³-hybridized carbons (Fsp3) is 0.538. The number of carbonyl (C=O) groups is 1. The molecule has 0 atom stereocenters. The normalized spacial score (nSPS) is 16.8. The Morgan fingerprint density at radius 3 is 2.79 bits per heavy atom. The third-order valence-electron chi connectivity index (χ3n) is 4.03. The van der Waals surface area contributed by atoms with Crippen LogP contribution in [-0.4, -0.2) is 42.0 Å². The Hall–Kier alpha value is -1.66. The summed E-state index contributed by atoms with van der Waals surface area (Å²) >= 11 is 0. The molecule has 2 rings (SSSR count). The topological polar surface area (TPSA) is 83.3 Å². The molecule has 0 aliphatic heterocycles. The Kier molecular flexibility index (Phi) is 4.01. The molecule has 0 radical (unpaired) electrons. The van der Waals surface area contributed by atoms with Gasteiger partial charge in [-0.3, -0.25) is 15.6 Å². The number of likely N-dealkylation sites (N-methyl/N-ethyl adjacent to an activating group) is 1. The van der Waals surface area contributed by atoms with Crippen LogP contribution in [0, 0.1) is 0 Å². The van der Waals surface area contributed by atoms with E-state index in [1.807, 2.05) is 0 Å². The number of nitrogen functional groups attached to an aromatic ring is 1. The molecule has 1 saturated carbocycles. The maximum atomic E-state index is 12.2. The number of pyridine rings is 1. The summed E-state index contributed by atoms with van der Waals surface area (Å²) in [4.78, 5) is 18.3. The average molecular weight is 263 g/mol. The fourth-order valence-corrected chi connectivity index (χ4v) is 2.41. The number of hydrazine groups is 1. The van der Waals surface area contributed by atoms with Crippen LogP contribution in [0.4, 0.5) is 5.69 Å². The van der Waals surface area contributed by atoms with Crippen molar-refractivity contribution < 1.29 is 4.79 Å². The fourth-order valence-electron chi connectivity index (χ4n) is 2.41. The van der Waals surface area contributed by atoms with E-state index in [-0.39, 0.29) is 11.4 Å². The zero-order valence-electron chi connectivity index (χ0n) is 11.4. The Labute approximate surface area is 113 Å². The van der Waals surface area contributed by atoms with Gasteiger partial charge in [-0.05, 0) is 39.4 Å². The van der Waals surface area contributed by atoms with Gasteiger partial charge in [0.25, 0.3) is 5.91 Å². The number of nitrogens with zero attached hydrogens (tertiary/aromatic N) is 2. The van der Waals surface area contributed by atoms with Crippen molar-refractivity contribution in [2.75, 3.05) is 26.1 Å². The minimum Gasteiger partial charge on any atom is -0.350 e. The average Bonchev–Trinajstić information content (AvgIpc) is 2.36. The van der Waals surface area contributed by atoms with Crippen LogP contribution in [0.25, 0.3) is 0 Å². The van der Waals surface area contributed by atoms with Crippen LogP contribution in [0.3, 0.4) is 0 Å². The van der Waals surface area contributed by atoms with Crippen LogP contribution in [0.5, 0.6) is 0 Å². The van der Waals surface area contributed by atoms with E-state index >= 15 is 0 Å². The highest BCUT2D eigenvalue weighted by molar-refractivity contribution is 5.99. The van der Waals surface area contributed by atoms with Gasteiger partial charge in [0.1, 0.15) is 0 Å². The maximum Gasteiger partial charge on any atom is 0.253 e. The lowest BCUT2D eigenvalue weighted by Crippen LogP contribution is -2.57. The number of nitrogens with two attached hydrogens (primary N) is 1. The molecule has 1 heterocycles.